The number of fused-ring (bicyclic) bond motifs is 1. The van der Waals surface area contributed by atoms with E-state index in [0.717, 1.165) is 19.3 Å². The van der Waals surface area contributed by atoms with Crippen LogP contribution in [-0.2, 0) is 4.79 Å². The summed E-state index contributed by atoms with van der Waals surface area (Å²) in [5.41, 5.74) is 2.44. The summed E-state index contributed by atoms with van der Waals surface area (Å²) in [6.45, 7) is 2.08. The van der Waals surface area contributed by atoms with Gasteiger partial charge in [0.2, 0.25) is 12.7 Å². The van der Waals surface area contributed by atoms with E-state index in [2.05, 4.69) is 17.5 Å². The van der Waals surface area contributed by atoms with Gasteiger partial charge in [-0.1, -0.05) is 19.8 Å². The van der Waals surface area contributed by atoms with Crippen LogP contribution in [0.1, 0.15) is 38.2 Å². The van der Waals surface area contributed by atoms with Crippen molar-refractivity contribution in [3.05, 3.63) is 27.8 Å². The zero-order valence-electron chi connectivity index (χ0n) is 12.2. The van der Waals surface area contributed by atoms with Crippen LogP contribution >= 0.6 is 0 Å². The van der Waals surface area contributed by atoms with E-state index in [1.807, 2.05) is 0 Å². The number of amides is 1. The second kappa shape index (κ2) is 7.39. The highest BCUT2D eigenvalue weighted by Gasteiger charge is 2.22. The normalized spacial score (nSPS) is 12.6. The number of nitrogens with zero attached hydrogens (tertiary/aromatic N) is 2. The summed E-state index contributed by atoms with van der Waals surface area (Å²) in [4.78, 5) is 22.0. The second-order valence-electron chi connectivity index (χ2n) is 4.77. The lowest BCUT2D eigenvalue weighted by Gasteiger charge is -2.01. The Morgan fingerprint density at radius 2 is 2.14 bits per heavy atom. The van der Waals surface area contributed by atoms with Gasteiger partial charge in [0.15, 0.2) is 11.5 Å². The number of carbonyl (C=O) groups excluding carboxylic acids is 1. The van der Waals surface area contributed by atoms with Crippen molar-refractivity contribution in [2.24, 2.45) is 5.10 Å². The Kier molecular flexibility index (Phi) is 5.29. The van der Waals surface area contributed by atoms with Gasteiger partial charge >= 0.3 is 0 Å². The zero-order chi connectivity index (χ0) is 15.9. The molecule has 1 aliphatic rings. The van der Waals surface area contributed by atoms with Crippen LogP contribution in [0.3, 0.4) is 0 Å². The summed E-state index contributed by atoms with van der Waals surface area (Å²) < 4.78 is 10.3. The first-order valence-corrected chi connectivity index (χ1v) is 7.01. The molecular formula is C14H17N3O5. The van der Waals surface area contributed by atoms with Crippen molar-refractivity contribution in [2.75, 3.05) is 6.79 Å². The van der Waals surface area contributed by atoms with Crippen LogP contribution in [0.4, 0.5) is 5.69 Å². The minimum Gasteiger partial charge on any atom is -0.454 e. The maximum Gasteiger partial charge on any atom is 0.282 e. The number of carbonyl (C=O) groups is 1. The minimum absolute atomic E-state index is 0.0290. The molecule has 1 amide bonds. The van der Waals surface area contributed by atoms with Crippen LogP contribution in [0, 0.1) is 10.1 Å². The Balaban J connectivity index is 2.04. The van der Waals surface area contributed by atoms with Crippen molar-refractivity contribution in [1.82, 2.24) is 5.43 Å². The third kappa shape index (κ3) is 3.94. The molecule has 8 nitrogen and oxygen atoms in total. The van der Waals surface area contributed by atoms with Gasteiger partial charge < -0.3 is 9.47 Å². The van der Waals surface area contributed by atoms with Gasteiger partial charge in [-0.05, 0) is 12.5 Å². The van der Waals surface area contributed by atoms with E-state index in [9.17, 15) is 14.9 Å². The maximum atomic E-state index is 11.5. The Morgan fingerprint density at radius 3 is 2.82 bits per heavy atom. The predicted molar refractivity (Wildman–Crippen MR) is 79.1 cm³/mol. The number of nitro benzene ring substituents is 1. The van der Waals surface area contributed by atoms with Crippen LogP contribution in [0.25, 0.3) is 0 Å². The Labute approximate surface area is 127 Å². The quantitative estimate of drug-likeness (QED) is 0.360. The number of hydrazone groups is 1. The molecule has 0 saturated heterocycles. The molecule has 0 aliphatic carbocycles. The first kappa shape index (κ1) is 15.7. The number of benzene rings is 1. The van der Waals surface area contributed by atoms with Gasteiger partial charge in [-0.2, -0.15) is 5.10 Å². The fraction of sp³-hybridized carbons (Fsp3) is 0.429. The molecule has 118 valence electrons. The standard InChI is InChI=1S/C14H17N3O5/c1-2-3-4-5-14(18)16-15-8-10-6-12-13(22-9-21-12)7-11(10)17(19)20/h6-8H,2-5,9H2,1H3,(H,16,18). The molecule has 0 spiro atoms. The van der Waals surface area contributed by atoms with E-state index in [-0.39, 0.29) is 24.0 Å². The Hall–Kier alpha value is -2.64. The smallest absolute Gasteiger partial charge is 0.282 e. The van der Waals surface area contributed by atoms with Crippen molar-refractivity contribution < 1.29 is 19.2 Å². The van der Waals surface area contributed by atoms with Gasteiger partial charge in [0.25, 0.3) is 5.69 Å². The molecule has 0 radical (unpaired) electrons. The molecule has 0 bridgehead atoms. The van der Waals surface area contributed by atoms with Crippen molar-refractivity contribution in [3.63, 3.8) is 0 Å². The topological polar surface area (TPSA) is 103 Å². The first-order valence-electron chi connectivity index (χ1n) is 7.01. The SMILES string of the molecule is CCCCCC(=O)NN=Cc1cc2c(cc1[N+](=O)[O-])OCO2. The van der Waals surface area contributed by atoms with Crippen LogP contribution in [0.15, 0.2) is 17.2 Å². The highest BCUT2D eigenvalue weighted by molar-refractivity contribution is 5.88. The van der Waals surface area contributed by atoms with Crippen molar-refractivity contribution in [2.45, 2.75) is 32.6 Å². The van der Waals surface area contributed by atoms with Gasteiger partial charge in [0, 0.05) is 6.42 Å². The highest BCUT2D eigenvalue weighted by Crippen LogP contribution is 2.37. The molecule has 1 aliphatic heterocycles. The third-order valence-corrected chi connectivity index (χ3v) is 3.12. The number of unbranched alkanes of at least 4 members (excludes halogenated alkanes) is 2. The van der Waals surface area contributed by atoms with Gasteiger partial charge in [-0.25, -0.2) is 5.43 Å². The maximum absolute atomic E-state index is 11.5. The number of hydrogen-bond donors (Lipinski definition) is 1. The van der Waals surface area contributed by atoms with Crippen LogP contribution in [0.5, 0.6) is 11.5 Å². The average molecular weight is 307 g/mol. The molecule has 0 atom stereocenters. The molecule has 1 N–H and O–H groups in total. The van der Waals surface area contributed by atoms with Crippen LogP contribution in [-0.4, -0.2) is 23.8 Å². The molecule has 1 aromatic carbocycles. The summed E-state index contributed by atoms with van der Waals surface area (Å²) in [6.07, 6.45) is 4.42. The minimum atomic E-state index is -0.535. The third-order valence-electron chi connectivity index (χ3n) is 3.12. The van der Waals surface area contributed by atoms with E-state index in [4.69, 9.17) is 9.47 Å². The van der Waals surface area contributed by atoms with Crippen LogP contribution in [0.2, 0.25) is 0 Å². The molecule has 0 aromatic heterocycles. The predicted octanol–water partition coefficient (Wildman–Crippen LogP) is 2.35. The zero-order valence-corrected chi connectivity index (χ0v) is 12.2. The largest absolute Gasteiger partial charge is 0.454 e. The van der Waals surface area contributed by atoms with Gasteiger partial charge in [-0.3, -0.25) is 14.9 Å². The van der Waals surface area contributed by atoms with Gasteiger partial charge in [0.1, 0.15) is 0 Å². The number of nitro groups is 1. The van der Waals surface area contributed by atoms with Crippen molar-refractivity contribution >= 4 is 17.8 Å². The van der Waals surface area contributed by atoms with Crippen molar-refractivity contribution in [3.8, 4) is 11.5 Å². The second-order valence-corrected chi connectivity index (χ2v) is 4.77. The van der Waals surface area contributed by atoms with E-state index >= 15 is 0 Å². The van der Waals surface area contributed by atoms with E-state index < -0.39 is 4.92 Å². The monoisotopic (exact) mass is 307 g/mol. The van der Waals surface area contributed by atoms with Crippen LogP contribution < -0.4 is 14.9 Å². The molecule has 1 heterocycles. The van der Waals surface area contributed by atoms with Gasteiger partial charge in [-0.15, -0.1) is 0 Å². The van der Waals surface area contributed by atoms with Crippen molar-refractivity contribution in [1.29, 1.82) is 0 Å². The number of rotatable bonds is 7. The number of nitrogens with one attached hydrogen (secondary N) is 1. The first-order chi connectivity index (χ1) is 10.6. The number of ether oxygens (including phenoxy) is 2. The van der Waals surface area contributed by atoms with E-state index in [1.54, 1.807) is 0 Å². The average Bonchev–Trinajstić information content (AvgIpc) is 2.93. The summed E-state index contributed by atoms with van der Waals surface area (Å²) >= 11 is 0. The molecule has 0 unspecified atom stereocenters. The molecular weight excluding hydrogens is 290 g/mol. The highest BCUT2D eigenvalue weighted by atomic mass is 16.7. The summed E-state index contributed by atoms with van der Waals surface area (Å²) in [7, 11) is 0. The Morgan fingerprint density at radius 1 is 1.41 bits per heavy atom. The van der Waals surface area contributed by atoms with E-state index in [1.165, 1.54) is 18.3 Å². The number of hydrogen-bond acceptors (Lipinski definition) is 6. The lowest BCUT2D eigenvalue weighted by atomic mass is 10.1. The molecule has 0 fully saturated rings. The molecule has 2 rings (SSSR count). The summed E-state index contributed by atoms with van der Waals surface area (Å²) in [6, 6.07) is 2.75. The van der Waals surface area contributed by atoms with Gasteiger partial charge in [0.05, 0.1) is 22.8 Å². The fourth-order valence-corrected chi connectivity index (χ4v) is 1.97. The summed E-state index contributed by atoms with van der Waals surface area (Å²) in [5, 5.41) is 14.8. The lowest BCUT2D eigenvalue weighted by molar-refractivity contribution is -0.385. The Bertz CT molecular complexity index is 600. The molecule has 22 heavy (non-hydrogen) atoms. The molecule has 0 saturated carbocycles. The molecule has 1 aromatic rings. The fourth-order valence-electron chi connectivity index (χ4n) is 1.97. The summed E-state index contributed by atoms with van der Waals surface area (Å²) in [5.74, 6) is 0.530. The lowest BCUT2D eigenvalue weighted by Crippen LogP contribution is -2.17. The van der Waals surface area contributed by atoms with E-state index in [0.29, 0.717) is 17.9 Å². The molecule has 8 heteroatoms.